The molecule has 86 valence electrons. The van der Waals surface area contributed by atoms with Gasteiger partial charge in [0.05, 0.1) is 5.92 Å². The number of rotatable bonds is 5. The summed E-state index contributed by atoms with van der Waals surface area (Å²) in [5.74, 6) is -2.86. The zero-order valence-corrected chi connectivity index (χ0v) is 8.59. The van der Waals surface area contributed by atoms with Crippen molar-refractivity contribution in [1.82, 2.24) is 0 Å². The van der Waals surface area contributed by atoms with Gasteiger partial charge in [-0.25, -0.2) is 0 Å². The van der Waals surface area contributed by atoms with Crippen molar-refractivity contribution in [1.29, 1.82) is 0 Å². The van der Waals surface area contributed by atoms with Gasteiger partial charge in [-0.1, -0.05) is 12.1 Å². The smallest absolute Gasteiger partial charge is 0.310 e. The molecule has 1 aromatic carbocycles. The van der Waals surface area contributed by atoms with E-state index in [9.17, 15) is 9.59 Å². The number of nitrogens with two attached hydrogens (primary N) is 1. The fourth-order valence-electron chi connectivity index (χ4n) is 1.48. The van der Waals surface area contributed by atoms with Gasteiger partial charge >= 0.3 is 11.9 Å². The quantitative estimate of drug-likeness (QED) is 0.653. The molecule has 0 saturated heterocycles. The van der Waals surface area contributed by atoms with Crippen LogP contribution in [0.3, 0.4) is 0 Å². The molecule has 5 nitrogen and oxygen atoms in total. The van der Waals surface area contributed by atoms with Crippen LogP contribution in [0.2, 0.25) is 0 Å². The van der Waals surface area contributed by atoms with Crippen LogP contribution < -0.4 is 5.73 Å². The van der Waals surface area contributed by atoms with Gasteiger partial charge in [0.2, 0.25) is 0 Å². The molecule has 16 heavy (non-hydrogen) atoms. The third-order valence-corrected chi connectivity index (χ3v) is 2.26. The van der Waals surface area contributed by atoms with E-state index in [1.54, 1.807) is 24.3 Å². The Morgan fingerprint density at radius 1 is 1.31 bits per heavy atom. The second-order valence-electron chi connectivity index (χ2n) is 3.49. The predicted molar refractivity (Wildman–Crippen MR) is 58.1 cm³/mol. The summed E-state index contributed by atoms with van der Waals surface area (Å²) >= 11 is 0. The number of carboxylic acid groups (broad SMARTS) is 2. The summed E-state index contributed by atoms with van der Waals surface area (Å²) < 4.78 is 0. The van der Waals surface area contributed by atoms with E-state index in [1.807, 2.05) is 0 Å². The van der Waals surface area contributed by atoms with Crippen molar-refractivity contribution in [3.05, 3.63) is 29.8 Å². The summed E-state index contributed by atoms with van der Waals surface area (Å²) in [5.41, 5.74) is 6.55. The van der Waals surface area contributed by atoms with Gasteiger partial charge < -0.3 is 15.9 Å². The minimum atomic E-state index is -1.04. The minimum Gasteiger partial charge on any atom is -0.481 e. The Morgan fingerprint density at radius 3 is 2.50 bits per heavy atom. The van der Waals surface area contributed by atoms with Crippen LogP contribution in [-0.4, -0.2) is 22.2 Å². The Hall–Kier alpha value is -2.04. The molecule has 0 fully saturated rings. The van der Waals surface area contributed by atoms with Crippen LogP contribution in [0, 0.1) is 0 Å². The lowest BCUT2D eigenvalue weighted by molar-refractivity contribution is -0.140. The average molecular weight is 223 g/mol. The van der Waals surface area contributed by atoms with Crippen LogP contribution in [0.4, 0.5) is 5.69 Å². The maximum absolute atomic E-state index is 11.0. The summed E-state index contributed by atoms with van der Waals surface area (Å²) in [6.45, 7) is 0. The van der Waals surface area contributed by atoms with E-state index in [0.717, 1.165) is 0 Å². The SMILES string of the molecule is Nc1cccc(C(CCC(=O)O)C(=O)O)c1. The number of hydrogen-bond acceptors (Lipinski definition) is 3. The molecule has 0 aliphatic rings. The lowest BCUT2D eigenvalue weighted by atomic mass is 9.94. The molecule has 0 aliphatic heterocycles. The third kappa shape index (κ3) is 3.27. The molecule has 0 heterocycles. The van der Waals surface area contributed by atoms with E-state index < -0.39 is 17.9 Å². The maximum atomic E-state index is 11.0. The summed E-state index contributed by atoms with van der Waals surface area (Å²) in [6, 6.07) is 6.50. The van der Waals surface area contributed by atoms with Crippen molar-refractivity contribution in [2.75, 3.05) is 5.73 Å². The van der Waals surface area contributed by atoms with E-state index in [1.165, 1.54) is 0 Å². The summed E-state index contributed by atoms with van der Waals surface area (Å²) in [4.78, 5) is 21.4. The van der Waals surface area contributed by atoms with Crippen LogP contribution >= 0.6 is 0 Å². The second-order valence-corrected chi connectivity index (χ2v) is 3.49. The van der Waals surface area contributed by atoms with Crippen molar-refractivity contribution < 1.29 is 19.8 Å². The first-order valence-electron chi connectivity index (χ1n) is 4.80. The van der Waals surface area contributed by atoms with Gasteiger partial charge in [0.15, 0.2) is 0 Å². The number of anilines is 1. The highest BCUT2D eigenvalue weighted by Gasteiger charge is 2.20. The number of carbonyl (C=O) groups is 2. The average Bonchev–Trinajstić information content (AvgIpc) is 2.17. The standard InChI is InChI=1S/C11H13NO4/c12-8-3-1-2-7(6-8)9(11(15)16)4-5-10(13)14/h1-3,6,9H,4-5,12H2,(H,13,14)(H,15,16). The summed E-state index contributed by atoms with van der Waals surface area (Å²) in [7, 11) is 0. The molecule has 1 atom stereocenters. The summed E-state index contributed by atoms with van der Waals surface area (Å²) in [5, 5.41) is 17.5. The Morgan fingerprint density at radius 2 is 2.00 bits per heavy atom. The predicted octanol–water partition coefficient (Wildman–Crippen LogP) is 1.30. The molecule has 1 unspecified atom stereocenters. The number of nitrogen functional groups attached to an aromatic ring is 1. The van der Waals surface area contributed by atoms with E-state index in [0.29, 0.717) is 11.3 Å². The van der Waals surface area contributed by atoms with Gasteiger partial charge in [0, 0.05) is 12.1 Å². The normalized spacial score (nSPS) is 12.0. The Labute approximate surface area is 92.5 Å². The number of carboxylic acids is 2. The van der Waals surface area contributed by atoms with Gasteiger partial charge in [0.25, 0.3) is 0 Å². The molecule has 0 amide bonds. The third-order valence-electron chi connectivity index (χ3n) is 2.26. The van der Waals surface area contributed by atoms with Crippen LogP contribution in [0.1, 0.15) is 24.3 Å². The van der Waals surface area contributed by atoms with Crippen molar-refractivity contribution >= 4 is 17.6 Å². The van der Waals surface area contributed by atoms with Gasteiger partial charge in [-0.3, -0.25) is 9.59 Å². The van der Waals surface area contributed by atoms with Crippen molar-refractivity contribution in [3.63, 3.8) is 0 Å². The largest absolute Gasteiger partial charge is 0.481 e. The molecule has 0 saturated carbocycles. The lowest BCUT2D eigenvalue weighted by Crippen LogP contribution is -2.13. The molecule has 0 aromatic heterocycles. The lowest BCUT2D eigenvalue weighted by Gasteiger charge is -2.11. The van der Waals surface area contributed by atoms with Crippen molar-refractivity contribution in [2.45, 2.75) is 18.8 Å². The highest BCUT2D eigenvalue weighted by Crippen LogP contribution is 2.23. The highest BCUT2D eigenvalue weighted by molar-refractivity contribution is 5.77. The molecule has 0 aliphatic carbocycles. The molecular weight excluding hydrogens is 210 g/mol. The fraction of sp³-hybridized carbons (Fsp3) is 0.273. The number of hydrogen-bond donors (Lipinski definition) is 3. The van der Waals surface area contributed by atoms with Crippen LogP contribution in [0.5, 0.6) is 0 Å². The topological polar surface area (TPSA) is 101 Å². The fourth-order valence-corrected chi connectivity index (χ4v) is 1.48. The second kappa shape index (κ2) is 5.16. The van der Waals surface area contributed by atoms with E-state index >= 15 is 0 Å². The minimum absolute atomic E-state index is 0.0636. The Kier molecular flexibility index (Phi) is 3.88. The van der Waals surface area contributed by atoms with Crippen LogP contribution in [-0.2, 0) is 9.59 Å². The molecule has 1 rings (SSSR count). The molecule has 4 N–H and O–H groups in total. The van der Waals surface area contributed by atoms with E-state index in [2.05, 4.69) is 0 Å². The first-order chi connectivity index (χ1) is 7.50. The number of aliphatic carboxylic acids is 2. The molecular formula is C11H13NO4. The zero-order chi connectivity index (χ0) is 12.1. The Balaban J connectivity index is 2.85. The molecule has 1 aromatic rings. The van der Waals surface area contributed by atoms with Crippen LogP contribution in [0.15, 0.2) is 24.3 Å². The molecule has 5 heteroatoms. The molecule has 0 spiro atoms. The van der Waals surface area contributed by atoms with Crippen molar-refractivity contribution in [3.8, 4) is 0 Å². The zero-order valence-electron chi connectivity index (χ0n) is 8.59. The molecule has 0 radical (unpaired) electrons. The first-order valence-corrected chi connectivity index (χ1v) is 4.80. The highest BCUT2D eigenvalue weighted by atomic mass is 16.4. The monoisotopic (exact) mass is 223 g/mol. The van der Waals surface area contributed by atoms with Gasteiger partial charge in [-0.2, -0.15) is 0 Å². The van der Waals surface area contributed by atoms with E-state index in [-0.39, 0.29) is 12.8 Å². The first kappa shape index (κ1) is 12.0. The Bertz CT molecular complexity index is 403. The van der Waals surface area contributed by atoms with Gasteiger partial charge in [-0.15, -0.1) is 0 Å². The van der Waals surface area contributed by atoms with Gasteiger partial charge in [0.1, 0.15) is 0 Å². The van der Waals surface area contributed by atoms with Gasteiger partial charge in [-0.05, 0) is 24.1 Å². The number of benzene rings is 1. The van der Waals surface area contributed by atoms with E-state index in [4.69, 9.17) is 15.9 Å². The van der Waals surface area contributed by atoms with Crippen LogP contribution in [0.25, 0.3) is 0 Å². The maximum Gasteiger partial charge on any atom is 0.310 e. The van der Waals surface area contributed by atoms with Crippen molar-refractivity contribution in [2.24, 2.45) is 0 Å². The molecule has 0 bridgehead atoms. The summed E-state index contributed by atoms with van der Waals surface area (Å²) in [6.07, 6.45) is -0.111.